The molecule has 3 nitrogen and oxygen atoms in total. The van der Waals surface area contributed by atoms with Crippen LogP contribution in [0.15, 0.2) is 46.9 Å². The van der Waals surface area contributed by atoms with Crippen LogP contribution in [0.2, 0.25) is 0 Å². The zero-order valence-electron chi connectivity index (χ0n) is 12.8. The minimum absolute atomic E-state index is 0.0727. The van der Waals surface area contributed by atoms with Gasteiger partial charge in [0.1, 0.15) is 5.82 Å². The van der Waals surface area contributed by atoms with Crippen molar-refractivity contribution in [3.05, 3.63) is 65.4 Å². The minimum Gasteiger partial charge on any atom is -0.448 e. The van der Waals surface area contributed by atoms with Crippen LogP contribution >= 0.6 is 0 Å². The highest BCUT2D eigenvalue weighted by molar-refractivity contribution is 6.08. The number of carbonyl (C=O) groups is 1. The Labute approximate surface area is 132 Å². The molecule has 118 valence electrons. The van der Waals surface area contributed by atoms with E-state index in [1.807, 2.05) is 0 Å². The maximum Gasteiger partial charge on any atom is 0.294 e. The zero-order chi connectivity index (χ0) is 16.6. The van der Waals surface area contributed by atoms with Crippen LogP contribution in [-0.2, 0) is 0 Å². The highest BCUT2D eigenvalue weighted by atomic mass is 19.1. The first-order valence-corrected chi connectivity index (χ1v) is 7.28. The third-order valence-corrected chi connectivity index (χ3v) is 3.81. The lowest BCUT2D eigenvalue weighted by atomic mass is 10.1. The summed E-state index contributed by atoms with van der Waals surface area (Å²) in [4.78, 5) is 14.2. The van der Waals surface area contributed by atoms with Crippen LogP contribution in [0.25, 0.3) is 11.0 Å². The van der Waals surface area contributed by atoms with Crippen molar-refractivity contribution in [2.45, 2.75) is 13.8 Å². The molecule has 0 aliphatic heterocycles. The van der Waals surface area contributed by atoms with Crippen molar-refractivity contribution in [1.82, 2.24) is 0 Å². The van der Waals surface area contributed by atoms with Crippen molar-refractivity contribution in [3.8, 4) is 0 Å². The summed E-state index contributed by atoms with van der Waals surface area (Å²) in [7, 11) is 0. The average molecular weight is 315 g/mol. The van der Waals surface area contributed by atoms with Crippen LogP contribution in [0.3, 0.4) is 0 Å². The quantitative estimate of drug-likeness (QED) is 0.703. The van der Waals surface area contributed by atoms with Gasteiger partial charge in [-0.25, -0.2) is 8.78 Å². The summed E-state index contributed by atoms with van der Waals surface area (Å²) in [5, 5.41) is 0.573. The summed E-state index contributed by atoms with van der Waals surface area (Å²) in [6.07, 6.45) is 0. The van der Waals surface area contributed by atoms with Gasteiger partial charge < -0.3 is 9.32 Å². The van der Waals surface area contributed by atoms with Gasteiger partial charge in [0.15, 0.2) is 17.2 Å². The number of hydrogen-bond donors (Lipinski definition) is 0. The van der Waals surface area contributed by atoms with Gasteiger partial charge in [0.25, 0.3) is 5.91 Å². The molecule has 0 radical (unpaired) electrons. The second kappa shape index (κ2) is 5.83. The Morgan fingerprint density at radius 2 is 1.83 bits per heavy atom. The zero-order valence-corrected chi connectivity index (χ0v) is 12.8. The number of anilines is 1. The van der Waals surface area contributed by atoms with Crippen LogP contribution in [-0.4, -0.2) is 12.5 Å². The Hall–Kier alpha value is -2.69. The van der Waals surface area contributed by atoms with E-state index in [2.05, 4.69) is 0 Å². The fraction of sp³-hybridized carbons (Fsp3) is 0.167. The summed E-state index contributed by atoms with van der Waals surface area (Å²) < 4.78 is 32.4. The van der Waals surface area contributed by atoms with Crippen LogP contribution in [0.5, 0.6) is 0 Å². The summed E-state index contributed by atoms with van der Waals surface area (Å²) in [6, 6.07) is 10.2. The van der Waals surface area contributed by atoms with Crippen LogP contribution in [0.1, 0.15) is 23.0 Å². The smallest absolute Gasteiger partial charge is 0.294 e. The molecule has 0 spiro atoms. The van der Waals surface area contributed by atoms with Gasteiger partial charge in [0.2, 0.25) is 0 Å². The molecule has 3 rings (SSSR count). The molecule has 1 amide bonds. The lowest BCUT2D eigenvalue weighted by Gasteiger charge is -2.20. The summed E-state index contributed by atoms with van der Waals surface area (Å²) in [6.45, 7) is 3.90. The molecule has 23 heavy (non-hydrogen) atoms. The number of halogens is 2. The molecule has 0 saturated heterocycles. The Kier molecular flexibility index (Phi) is 3.86. The second-order valence-corrected chi connectivity index (χ2v) is 5.20. The van der Waals surface area contributed by atoms with E-state index in [0.717, 1.165) is 0 Å². The molecular weight excluding hydrogens is 300 g/mol. The van der Waals surface area contributed by atoms with Crippen molar-refractivity contribution in [3.63, 3.8) is 0 Å². The summed E-state index contributed by atoms with van der Waals surface area (Å²) in [5.74, 6) is -1.17. The first-order valence-electron chi connectivity index (χ1n) is 7.28. The predicted octanol–water partition coefficient (Wildman–Crippen LogP) is 4.69. The first-order chi connectivity index (χ1) is 11.0. The van der Waals surface area contributed by atoms with Gasteiger partial charge >= 0.3 is 0 Å². The molecule has 0 unspecified atom stereocenters. The number of nitrogens with zero attached hydrogens (tertiary/aromatic N) is 1. The molecule has 0 N–H and O–H groups in total. The number of carbonyl (C=O) groups excluding carboxylic acids is 1. The fourth-order valence-electron chi connectivity index (χ4n) is 2.60. The molecule has 0 aliphatic rings. The third kappa shape index (κ3) is 2.59. The third-order valence-electron chi connectivity index (χ3n) is 3.81. The molecule has 0 aliphatic carbocycles. The predicted molar refractivity (Wildman–Crippen MR) is 84.7 cm³/mol. The number of benzene rings is 2. The maximum atomic E-state index is 13.8. The van der Waals surface area contributed by atoms with E-state index in [1.165, 1.54) is 35.2 Å². The first kappa shape index (κ1) is 15.2. The highest BCUT2D eigenvalue weighted by Crippen LogP contribution is 2.29. The number of hydrogen-bond acceptors (Lipinski definition) is 2. The van der Waals surface area contributed by atoms with E-state index in [0.29, 0.717) is 23.2 Å². The largest absolute Gasteiger partial charge is 0.448 e. The monoisotopic (exact) mass is 315 g/mol. The Bertz CT molecular complexity index is 869. The fourth-order valence-corrected chi connectivity index (χ4v) is 2.60. The number of aryl methyl sites for hydroxylation is 1. The van der Waals surface area contributed by atoms with Gasteiger partial charge in [0.05, 0.1) is 0 Å². The average Bonchev–Trinajstić information content (AvgIpc) is 2.88. The molecule has 2 aromatic carbocycles. The van der Waals surface area contributed by atoms with Crippen LogP contribution in [0, 0.1) is 18.6 Å². The Morgan fingerprint density at radius 1 is 1.13 bits per heavy atom. The molecular formula is C18H15F2NO2. The lowest BCUT2D eigenvalue weighted by molar-refractivity contribution is 0.0962. The molecule has 5 heteroatoms. The SMILES string of the molecule is CCN(C(=O)c1oc2c(F)cccc2c1C)c1ccc(F)cc1. The van der Waals surface area contributed by atoms with Crippen LogP contribution in [0.4, 0.5) is 14.5 Å². The lowest BCUT2D eigenvalue weighted by Crippen LogP contribution is -2.30. The van der Waals surface area contributed by atoms with Gasteiger partial charge in [-0.2, -0.15) is 0 Å². The van der Waals surface area contributed by atoms with Crippen molar-refractivity contribution < 1.29 is 18.0 Å². The van der Waals surface area contributed by atoms with E-state index in [-0.39, 0.29) is 23.1 Å². The van der Waals surface area contributed by atoms with E-state index in [1.54, 1.807) is 26.0 Å². The van der Waals surface area contributed by atoms with Crippen LogP contribution < -0.4 is 4.90 Å². The van der Waals surface area contributed by atoms with Crippen molar-refractivity contribution in [1.29, 1.82) is 0 Å². The van der Waals surface area contributed by atoms with E-state index in [9.17, 15) is 13.6 Å². The standard InChI is InChI=1S/C18H15F2NO2/c1-3-21(13-9-7-12(19)8-10-13)18(22)16-11(2)14-5-4-6-15(20)17(14)23-16/h4-10H,3H2,1-2H3. The molecule has 0 atom stereocenters. The van der Waals surface area contributed by atoms with E-state index in [4.69, 9.17) is 4.42 Å². The molecule has 0 saturated carbocycles. The Balaban J connectivity index is 2.06. The Morgan fingerprint density at radius 3 is 2.43 bits per heavy atom. The molecule has 0 fully saturated rings. The van der Waals surface area contributed by atoms with Crippen molar-refractivity contribution in [2.75, 3.05) is 11.4 Å². The molecule has 3 aromatic rings. The van der Waals surface area contributed by atoms with Gasteiger partial charge in [-0.1, -0.05) is 12.1 Å². The van der Waals surface area contributed by atoms with Crippen molar-refractivity contribution in [2.24, 2.45) is 0 Å². The molecule has 1 aromatic heterocycles. The van der Waals surface area contributed by atoms with Gasteiger partial charge in [-0.15, -0.1) is 0 Å². The summed E-state index contributed by atoms with van der Waals surface area (Å²) >= 11 is 0. The van der Waals surface area contributed by atoms with E-state index >= 15 is 0 Å². The van der Waals surface area contributed by atoms with E-state index < -0.39 is 5.82 Å². The minimum atomic E-state index is -0.505. The van der Waals surface area contributed by atoms with Gasteiger partial charge in [-0.3, -0.25) is 4.79 Å². The number of para-hydroxylation sites is 1. The molecule has 1 heterocycles. The second-order valence-electron chi connectivity index (χ2n) is 5.20. The summed E-state index contributed by atoms with van der Waals surface area (Å²) in [5.41, 5.74) is 1.22. The van der Waals surface area contributed by atoms with Gasteiger partial charge in [-0.05, 0) is 44.2 Å². The number of fused-ring (bicyclic) bond motifs is 1. The highest BCUT2D eigenvalue weighted by Gasteiger charge is 2.24. The topological polar surface area (TPSA) is 33.5 Å². The number of amides is 1. The van der Waals surface area contributed by atoms with Gasteiger partial charge in [0, 0.05) is 23.2 Å². The normalized spacial score (nSPS) is 11.0. The van der Waals surface area contributed by atoms with Crippen molar-refractivity contribution >= 4 is 22.6 Å². The maximum absolute atomic E-state index is 13.8. The number of furan rings is 1. The number of rotatable bonds is 3. The molecule has 0 bridgehead atoms.